The Labute approximate surface area is 165 Å². The molecule has 7 heteroatoms. The highest BCUT2D eigenvalue weighted by molar-refractivity contribution is 6.30. The average Bonchev–Trinajstić information content (AvgIpc) is 3.14. The van der Waals surface area contributed by atoms with E-state index in [4.69, 9.17) is 11.6 Å². The molecule has 0 spiro atoms. The lowest BCUT2D eigenvalue weighted by molar-refractivity contribution is 0.0679. The highest BCUT2D eigenvalue weighted by Crippen LogP contribution is 2.30. The lowest BCUT2D eigenvalue weighted by atomic mass is 10.1. The Morgan fingerprint density at radius 3 is 2.88 bits per heavy atom. The molecule has 2 aliphatic rings. The third-order valence-electron chi connectivity index (χ3n) is 5.38. The van der Waals surface area contributed by atoms with Gasteiger partial charge in [-0.2, -0.15) is 5.10 Å². The Morgan fingerprint density at radius 2 is 2.12 bits per heavy atom. The van der Waals surface area contributed by atoms with Crippen molar-refractivity contribution in [1.29, 1.82) is 0 Å². The van der Waals surface area contributed by atoms with Gasteiger partial charge in [-0.3, -0.25) is 4.79 Å². The Balaban J connectivity index is 0.00000196. The highest BCUT2D eigenvalue weighted by Gasteiger charge is 2.39. The fourth-order valence-electron chi connectivity index (χ4n) is 4.18. The molecule has 0 saturated carbocycles. The van der Waals surface area contributed by atoms with Gasteiger partial charge in [0.2, 0.25) is 0 Å². The van der Waals surface area contributed by atoms with Crippen LogP contribution < -0.4 is 5.32 Å². The van der Waals surface area contributed by atoms with Crippen molar-refractivity contribution in [1.82, 2.24) is 20.0 Å². The van der Waals surface area contributed by atoms with Crippen molar-refractivity contribution in [3.8, 4) is 5.69 Å². The SMILES string of the molecule is CCc1c(C(=O)N2C3CCNCC2CC3)cnn1-c1cccc(Cl)c1.Cl. The minimum Gasteiger partial charge on any atom is -0.331 e. The number of carbonyl (C=O) groups is 1. The molecule has 2 atom stereocenters. The van der Waals surface area contributed by atoms with E-state index < -0.39 is 0 Å². The van der Waals surface area contributed by atoms with Gasteiger partial charge in [0.15, 0.2) is 0 Å². The number of benzene rings is 1. The zero-order valence-electron chi connectivity index (χ0n) is 14.8. The minimum absolute atomic E-state index is 0. The number of amides is 1. The number of rotatable bonds is 3. The fraction of sp³-hybridized carbons (Fsp3) is 0.474. The van der Waals surface area contributed by atoms with Gasteiger partial charge >= 0.3 is 0 Å². The summed E-state index contributed by atoms with van der Waals surface area (Å²) < 4.78 is 1.84. The first kappa shape index (κ1) is 19.2. The molecule has 2 aromatic rings. The number of carbonyl (C=O) groups excluding carboxylic acids is 1. The molecule has 0 radical (unpaired) electrons. The Morgan fingerprint density at radius 1 is 1.31 bits per heavy atom. The van der Waals surface area contributed by atoms with E-state index in [2.05, 4.69) is 22.2 Å². The van der Waals surface area contributed by atoms with Crippen molar-refractivity contribution in [3.05, 3.63) is 46.7 Å². The van der Waals surface area contributed by atoms with Gasteiger partial charge in [-0.1, -0.05) is 24.6 Å². The van der Waals surface area contributed by atoms with E-state index >= 15 is 0 Å². The number of nitrogens with zero attached hydrogens (tertiary/aromatic N) is 3. The number of aromatic nitrogens is 2. The number of hydrogen-bond donors (Lipinski definition) is 1. The van der Waals surface area contributed by atoms with Crippen LogP contribution in [0.15, 0.2) is 30.5 Å². The van der Waals surface area contributed by atoms with Gasteiger partial charge < -0.3 is 10.2 Å². The molecule has 2 unspecified atom stereocenters. The summed E-state index contributed by atoms with van der Waals surface area (Å²) >= 11 is 6.12. The maximum Gasteiger partial charge on any atom is 0.257 e. The number of fused-ring (bicyclic) bond motifs is 2. The van der Waals surface area contributed by atoms with Crippen molar-refractivity contribution < 1.29 is 4.79 Å². The Hall–Kier alpha value is -1.56. The van der Waals surface area contributed by atoms with E-state index in [1.165, 1.54) is 0 Å². The summed E-state index contributed by atoms with van der Waals surface area (Å²) in [6.45, 7) is 3.95. The van der Waals surface area contributed by atoms with Crippen LogP contribution in [0.5, 0.6) is 0 Å². The zero-order chi connectivity index (χ0) is 17.4. The fourth-order valence-corrected chi connectivity index (χ4v) is 4.36. The van der Waals surface area contributed by atoms with Crippen LogP contribution in [0.1, 0.15) is 42.2 Å². The lowest BCUT2D eigenvalue weighted by Crippen LogP contribution is -2.42. The molecule has 2 fully saturated rings. The molecule has 1 amide bonds. The Bertz CT molecular complexity index is 778. The smallest absolute Gasteiger partial charge is 0.257 e. The van der Waals surface area contributed by atoms with Crippen LogP contribution in [-0.4, -0.2) is 45.8 Å². The van der Waals surface area contributed by atoms with E-state index in [0.29, 0.717) is 17.1 Å². The van der Waals surface area contributed by atoms with Crippen molar-refractivity contribution in [2.75, 3.05) is 13.1 Å². The van der Waals surface area contributed by atoms with Crippen molar-refractivity contribution in [2.45, 2.75) is 44.7 Å². The number of halogens is 2. The van der Waals surface area contributed by atoms with E-state index in [1.807, 2.05) is 28.9 Å². The van der Waals surface area contributed by atoms with Gasteiger partial charge in [0.1, 0.15) is 0 Å². The standard InChI is InChI=1S/C19H23ClN4O.ClH/c1-2-18-17(12-22-24(18)15-5-3-4-13(20)10-15)19(25)23-14-6-7-16(23)11-21-9-8-14;/h3-5,10,12,14,16,21H,2,6-9,11H2,1H3;1H. The zero-order valence-corrected chi connectivity index (χ0v) is 16.4. The minimum atomic E-state index is 0. The van der Waals surface area contributed by atoms with Crippen molar-refractivity contribution in [3.63, 3.8) is 0 Å². The molecule has 4 rings (SSSR count). The molecule has 2 bridgehead atoms. The second-order valence-corrected chi connectivity index (χ2v) is 7.28. The van der Waals surface area contributed by atoms with Gasteiger partial charge in [0.05, 0.1) is 23.1 Å². The second-order valence-electron chi connectivity index (χ2n) is 6.84. The summed E-state index contributed by atoms with van der Waals surface area (Å²) in [5, 5.41) is 8.62. The molecule has 140 valence electrons. The summed E-state index contributed by atoms with van der Waals surface area (Å²) in [7, 11) is 0. The topological polar surface area (TPSA) is 50.2 Å². The van der Waals surface area contributed by atoms with Gasteiger partial charge in [-0.25, -0.2) is 4.68 Å². The predicted octanol–water partition coefficient (Wildman–Crippen LogP) is 3.48. The van der Waals surface area contributed by atoms with Crippen LogP contribution in [0.25, 0.3) is 5.69 Å². The van der Waals surface area contributed by atoms with Crippen LogP contribution in [-0.2, 0) is 6.42 Å². The summed E-state index contributed by atoms with van der Waals surface area (Å²) in [4.78, 5) is 15.4. The maximum absolute atomic E-state index is 13.3. The van der Waals surface area contributed by atoms with Gasteiger partial charge in [0.25, 0.3) is 5.91 Å². The number of nitrogens with one attached hydrogen (secondary N) is 1. The lowest BCUT2D eigenvalue weighted by Gasteiger charge is -2.28. The third-order valence-corrected chi connectivity index (χ3v) is 5.61. The quantitative estimate of drug-likeness (QED) is 0.866. The monoisotopic (exact) mass is 394 g/mol. The molecule has 1 aromatic carbocycles. The van der Waals surface area contributed by atoms with Gasteiger partial charge in [-0.15, -0.1) is 12.4 Å². The van der Waals surface area contributed by atoms with Crippen LogP contribution in [0.3, 0.4) is 0 Å². The first-order valence-electron chi connectivity index (χ1n) is 9.05. The third kappa shape index (κ3) is 3.36. The van der Waals surface area contributed by atoms with Crippen molar-refractivity contribution >= 4 is 29.9 Å². The van der Waals surface area contributed by atoms with Crippen LogP contribution in [0.4, 0.5) is 0 Å². The first-order chi connectivity index (χ1) is 12.2. The molecular weight excluding hydrogens is 371 g/mol. The largest absolute Gasteiger partial charge is 0.331 e. The normalized spacial score (nSPS) is 22.0. The maximum atomic E-state index is 13.3. The molecule has 1 N–H and O–H groups in total. The second kappa shape index (κ2) is 7.99. The van der Waals surface area contributed by atoms with Gasteiger partial charge in [0, 0.05) is 23.7 Å². The molecule has 26 heavy (non-hydrogen) atoms. The predicted molar refractivity (Wildman–Crippen MR) is 106 cm³/mol. The van der Waals surface area contributed by atoms with Crippen LogP contribution in [0.2, 0.25) is 5.02 Å². The average molecular weight is 395 g/mol. The number of hydrogen-bond acceptors (Lipinski definition) is 3. The molecule has 0 aliphatic carbocycles. The summed E-state index contributed by atoms with van der Waals surface area (Å²) in [6, 6.07) is 8.24. The van der Waals surface area contributed by atoms with Gasteiger partial charge in [-0.05, 0) is 50.4 Å². The van der Waals surface area contributed by atoms with E-state index in [-0.39, 0.29) is 18.3 Å². The highest BCUT2D eigenvalue weighted by atomic mass is 35.5. The summed E-state index contributed by atoms with van der Waals surface area (Å²) in [5.41, 5.74) is 2.56. The molecule has 2 saturated heterocycles. The molecular formula is C19H24Cl2N4O. The van der Waals surface area contributed by atoms with E-state index in [0.717, 1.165) is 55.7 Å². The molecule has 2 aliphatic heterocycles. The van der Waals surface area contributed by atoms with E-state index in [9.17, 15) is 4.79 Å². The molecule has 3 heterocycles. The van der Waals surface area contributed by atoms with Crippen LogP contribution in [0, 0.1) is 0 Å². The van der Waals surface area contributed by atoms with E-state index in [1.54, 1.807) is 6.20 Å². The molecule has 1 aromatic heterocycles. The summed E-state index contributed by atoms with van der Waals surface area (Å²) in [5.74, 6) is 0.126. The summed E-state index contributed by atoms with van der Waals surface area (Å²) in [6.07, 6.45) is 5.70. The van der Waals surface area contributed by atoms with Crippen LogP contribution >= 0.6 is 24.0 Å². The van der Waals surface area contributed by atoms with Crippen molar-refractivity contribution in [2.24, 2.45) is 0 Å². The Kier molecular flexibility index (Phi) is 5.90. The molecule has 5 nitrogen and oxygen atoms in total. The first-order valence-corrected chi connectivity index (χ1v) is 9.43.